The maximum Gasteiger partial charge on any atom is 0.236 e. The number of rotatable bonds is 6. The molecule has 4 nitrogen and oxygen atoms in total. The highest BCUT2D eigenvalue weighted by Gasteiger charge is 2.11. The number of hydrogen-bond acceptors (Lipinski definition) is 3. The molecule has 2 atom stereocenters. The van der Waals surface area contributed by atoms with Crippen molar-refractivity contribution in [2.24, 2.45) is 11.7 Å². The van der Waals surface area contributed by atoms with Gasteiger partial charge in [-0.1, -0.05) is 28.9 Å². The number of carbonyl (C=O) groups excluding carboxylic acids is 1. The summed E-state index contributed by atoms with van der Waals surface area (Å²) in [4.78, 5) is 11.7. The zero-order chi connectivity index (χ0) is 13.5. The first-order chi connectivity index (χ1) is 8.51. The standard InChI is InChI=1S/C12H17BrN2O2S/c1-9(6-14)7-18(17)8-12(16)15-11-4-2-3-10(13)5-11/h2-5,9H,6-8,14H2,1H3,(H,15,16). The van der Waals surface area contributed by atoms with Gasteiger partial charge in [-0.2, -0.15) is 0 Å². The van der Waals surface area contributed by atoms with Gasteiger partial charge in [0.2, 0.25) is 5.91 Å². The Hall–Kier alpha value is -0.720. The van der Waals surface area contributed by atoms with Crippen molar-refractivity contribution < 1.29 is 9.00 Å². The topological polar surface area (TPSA) is 72.2 Å². The summed E-state index contributed by atoms with van der Waals surface area (Å²) in [5, 5.41) is 2.71. The fourth-order valence-electron chi connectivity index (χ4n) is 1.35. The molecule has 0 heterocycles. The summed E-state index contributed by atoms with van der Waals surface area (Å²) in [6.45, 7) is 2.41. The number of nitrogens with one attached hydrogen (secondary N) is 1. The van der Waals surface area contributed by atoms with Crippen LogP contribution in [0.15, 0.2) is 28.7 Å². The highest BCUT2D eigenvalue weighted by molar-refractivity contribution is 9.10. The SMILES string of the molecule is CC(CN)CS(=O)CC(=O)Nc1cccc(Br)c1. The van der Waals surface area contributed by atoms with Crippen LogP contribution in [0.25, 0.3) is 0 Å². The molecular weight excluding hydrogens is 316 g/mol. The average molecular weight is 333 g/mol. The van der Waals surface area contributed by atoms with Crippen molar-refractivity contribution in [1.82, 2.24) is 0 Å². The molecule has 0 saturated carbocycles. The molecule has 0 aliphatic carbocycles. The van der Waals surface area contributed by atoms with Gasteiger partial charge in [-0.15, -0.1) is 0 Å². The third kappa shape index (κ3) is 5.75. The Balaban J connectivity index is 2.44. The van der Waals surface area contributed by atoms with E-state index < -0.39 is 10.8 Å². The lowest BCUT2D eigenvalue weighted by Crippen LogP contribution is -2.25. The summed E-state index contributed by atoms with van der Waals surface area (Å²) in [5.41, 5.74) is 6.14. The van der Waals surface area contributed by atoms with Crippen LogP contribution in [0.2, 0.25) is 0 Å². The molecule has 0 radical (unpaired) electrons. The van der Waals surface area contributed by atoms with Crippen molar-refractivity contribution in [2.75, 3.05) is 23.4 Å². The minimum Gasteiger partial charge on any atom is -0.330 e. The molecule has 0 bridgehead atoms. The molecule has 0 spiro atoms. The number of benzene rings is 1. The minimum absolute atomic E-state index is 0.0108. The van der Waals surface area contributed by atoms with E-state index in [0.29, 0.717) is 18.0 Å². The lowest BCUT2D eigenvalue weighted by molar-refractivity contribution is -0.113. The van der Waals surface area contributed by atoms with E-state index in [4.69, 9.17) is 5.73 Å². The van der Waals surface area contributed by atoms with Crippen LogP contribution in [0.5, 0.6) is 0 Å². The largest absolute Gasteiger partial charge is 0.330 e. The third-order valence-electron chi connectivity index (χ3n) is 2.27. The molecule has 1 aromatic carbocycles. The second-order valence-corrected chi connectivity index (χ2v) is 6.57. The zero-order valence-corrected chi connectivity index (χ0v) is 12.6. The Bertz CT molecular complexity index is 440. The number of hydrogen-bond donors (Lipinski definition) is 2. The van der Waals surface area contributed by atoms with E-state index in [1.165, 1.54) is 0 Å². The smallest absolute Gasteiger partial charge is 0.236 e. The Morgan fingerprint density at radius 3 is 2.89 bits per heavy atom. The molecule has 1 rings (SSSR count). The Morgan fingerprint density at radius 1 is 1.56 bits per heavy atom. The van der Waals surface area contributed by atoms with E-state index in [-0.39, 0.29) is 17.6 Å². The average Bonchev–Trinajstić information content (AvgIpc) is 2.28. The fourth-order valence-corrected chi connectivity index (χ4v) is 3.01. The van der Waals surface area contributed by atoms with E-state index in [9.17, 15) is 9.00 Å². The molecule has 1 aromatic rings. The van der Waals surface area contributed by atoms with Crippen LogP contribution in [0.1, 0.15) is 6.92 Å². The lowest BCUT2D eigenvalue weighted by Gasteiger charge is -2.08. The number of amides is 1. The van der Waals surface area contributed by atoms with Gasteiger partial charge in [0.1, 0.15) is 5.75 Å². The van der Waals surface area contributed by atoms with Crippen LogP contribution < -0.4 is 11.1 Å². The van der Waals surface area contributed by atoms with Crippen LogP contribution in [-0.2, 0) is 15.6 Å². The van der Waals surface area contributed by atoms with Gasteiger partial charge in [0, 0.05) is 26.7 Å². The summed E-state index contributed by atoms with van der Waals surface area (Å²) < 4.78 is 12.6. The van der Waals surface area contributed by atoms with E-state index in [1.807, 2.05) is 19.1 Å². The molecule has 2 unspecified atom stereocenters. The van der Waals surface area contributed by atoms with Crippen molar-refractivity contribution in [2.45, 2.75) is 6.92 Å². The van der Waals surface area contributed by atoms with Crippen molar-refractivity contribution in [3.8, 4) is 0 Å². The van der Waals surface area contributed by atoms with E-state index in [1.54, 1.807) is 12.1 Å². The predicted octanol–water partition coefficient (Wildman–Crippen LogP) is 1.73. The maximum absolute atomic E-state index is 11.7. The summed E-state index contributed by atoms with van der Waals surface area (Å²) >= 11 is 3.32. The van der Waals surface area contributed by atoms with Crippen LogP contribution in [-0.4, -0.2) is 28.2 Å². The normalized spacial score (nSPS) is 13.9. The van der Waals surface area contributed by atoms with Crippen LogP contribution in [0.4, 0.5) is 5.69 Å². The van der Waals surface area contributed by atoms with Gasteiger partial charge >= 0.3 is 0 Å². The van der Waals surface area contributed by atoms with Gasteiger partial charge in [-0.3, -0.25) is 9.00 Å². The Kier molecular flexibility index (Phi) is 6.52. The highest BCUT2D eigenvalue weighted by atomic mass is 79.9. The van der Waals surface area contributed by atoms with Crippen molar-refractivity contribution >= 4 is 38.3 Å². The van der Waals surface area contributed by atoms with Crippen molar-refractivity contribution in [3.63, 3.8) is 0 Å². The monoisotopic (exact) mass is 332 g/mol. The summed E-state index contributed by atoms with van der Waals surface area (Å²) in [5.74, 6) is 0.402. The second kappa shape index (κ2) is 7.66. The molecule has 0 fully saturated rings. The van der Waals surface area contributed by atoms with Gasteiger partial charge in [-0.05, 0) is 30.7 Å². The summed E-state index contributed by atoms with van der Waals surface area (Å²) in [6.07, 6.45) is 0. The van der Waals surface area contributed by atoms with Crippen LogP contribution in [0, 0.1) is 5.92 Å². The molecule has 3 N–H and O–H groups in total. The molecule has 1 amide bonds. The van der Waals surface area contributed by atoms with E-state index in [0.717, 1.165) is 4.47 Å². The molecule has 6 heteroatoms. The first-order valence-corrected chi connectivity index (χ1v) is 7.90. The van der Waals surface area contributed by atoms with Crippen LogP contribution in [0.3, 0.4) is 0 Å². The third-order valence-corrected chi connectivity index (χ3v) is 4.29. The molecule has 18 heavy (non-hydrogen) atoms. The molecule has 0 aromatic heterocycles. The zero-order valence-electron chi connectivity index (χ0n) is 10.2. The first kappa shape index (κ1) is 15.3. The highest BCUT2D eigenvalue weighted by Crippen LogP contribution is 2.15. The van der Waals surface area contributed by atoms with Gasteiger partial charge in [0.25, 0.3) is 0 Å². The summed E-state index contributed by atoms with van der Waals surface area (Å²) in [7, 11) is -1.16. The van der Waals surface area contributed by atoms with Gasteiger partial charge in [0.05, 0.1) is 0 Å². The minimum atomic E-state index is -1.16. The molecule has 0 aliphatic heterocycles. The molecule has 0 saturated heterocycles. The summed E-state index contributed by atoms with van der Waals surface area (Å²) in [6, 6.07) is 7.28. The van der Waals surface area contributed by atoms with Crippen molar-refractivity contribution in [3.05, 3.63) is 28.7 Å². The lowest BCUT2D eigenvalue weighted by atomic mass is 10.2. The van der Waals surface area contributed by atoms with E-state index >= 15 is 0 Å². The Morgan fingerprint density at radius 2 is 2.28 bits per heavy atom. The van der Waals surface area contributed by atoms with Crippen molar-refractivity contribution in [1.29, 1.82) is 0 Å². The second-order valence-electron chi connectivity index (χ2n) is 4.15. The number of carbonyl (C=O) groups is 1. The predicted molar refractivity (Wildman–Crippen MR) is 78.9 cm³/mol. The fraction of sp³-hybridized carbons (Fsp3) is 0.417. The quantitative estimate of drug-likeness (QED) is 0.833. The van der Waals surface area contributed by atoms with E-state index in [2.05, 4.69) is 21.2 Å². The van der Waals surface area contributed by atoms with Gasteiger partial charge in [0.15, 0.2) is 0 Å². The van der Waals surface area contributed by atoms with Gasteiger partial charge < -0.3 is 11.1 Å². The molecule has 0 aliphatic rings. The number of nitrogens with two attached hydrogens (primary N) is 1. The first-order valence-electron chi connectivity index (χ1n) is 5.61. The Labute approximate surface area is 118 Å². The molecular formula is C12H17BrN2O2S. The maximum atomic E-state index is 11.7. The van der Waals surface area contributed by atoms with Crippen LogP contribution >= 0.6 is 15.9 Å². The molecule has 100 valence electrons. The van der Waals surface area contributed by atoms with Gasteiger partial charge in [-0.25, -0.2) is 0 Å². The number of halogens is 1. The number of anilines is 1.